The molecule has 0 fully saturated rings. The number of aryl methyl sites for hydroxylation is 1. The van der Waals surface area contributed by atoms with E-state index in [0.29, 0.717) is 26.5 Å². The van der Waals surface area contributed by atoms with E-state index in [1.165, 1.54) is 12.1 Å². The highest BCUT2D eigenvalue weighted by Crippen LogP contribution is 2.32. The van der Waals surface area contributed by atoms with E-state index in [0.717, 1.165) is 11.1 Å². The number of anilines is 1. The lowest BCUT2D eigenvalue weighted by molar-refractivity contribution is -0.122. The number of hydrogen-bond donors (Lipinski definition) is 1. The molecule has 2 aromatic rings. The summed E-state index contributed by atoms with van der Waals surface area (Å²) in [6.45, 7) is 5.61. The van der Waals surface area contributed by atoms with Crippen molar-refractivity contribution >= 4 is 46.4 Å². The second-order valence-electron chi connectivity index (χ2n) is 5.19. The van der Waals surface area contributed by atoms with Crippen LogP contribution in [0.3, 0.4) is 0 Å². The highest BCUT2D eigenvalue weighted by Gasteiger charge is 2.18. The van der Waals surface area contributed by atoms with E-state index in [1.54, 1.807) is 6.92 Å². The number of nitrogens with one attached hydrogen (secondary N) is 1. The van der Waals surface area contributed by atoms with Crippen molar-refractivity contribution in [2.75, 3.05) is 5.32 Å². The topological polar surface area (TPSA) is 38.3 Å². The molecule has 0 aliphatic carbocycles. The van der Waals surface area contributed by atoms with Gasteiger partial charge in [0.2, 0.25) is 0 Å². The van der Waals surface area contributed by atoms with Crippen molar-refractivity contribution in [3.05, 3.63) is 56.5 Å². The minimum atomic E-state index is -0.693. The van der Waals surface area contributed by atoms with Gasteiger partial charge in [0.1, 0.15) is 5.75 Å². The largest absolute Gasteiger partial charge is 0.481 e. The second-order valence-corrected chi connectivity index (χ2v) is 6.42. The average molecular weight is 373 g/mol. The van der Waals surface area contributed by atoms with Gasteiger partial charge in [-0.05, 0) is 50.1 Å². The molecule has 0 saturated heterocycles. The summed E-state index contributed by atoms with van der Waals surface area (Å²) in [5.41, 5.74) is 2.49. The lowest BCUT2D eigenvalue weighted by Crippen LogP contribution is -2.30. The van der Waals surface area contributed by atoms with E-state index in [9.17, 15) is 4.79 Å². The van der Waals surface area contributed by atoms with Crippen molar-refractivity contribution in [1.29, 1.82) is 0 Å². The van der Waals surface area contributed by atoms with E-state index < -0.39 is 6.10 Å². The first-order chi connectivity index (χ1) is 10.8. The normalized spacial score (nSPS) is 11.9. The van der Waals surface area contributed by atoms with Crippen LogP contribution in [-0.4, -0.2) is 12.0 Å². The third-order valence-electron chi connectivity index (χ3n) is 3.50. The maximum absolute atomic E-state index is 12.3. The number of hydrogen-bond acceptors (Lipinski definition) is 2. The molecule has 1 atom stereocenters. The first-order valence-electron chi connectivity index (χ1n) is 6.98. The fourth-order valence-corrected chi connectivity index (χ4v) is 2.54. The summed E-state index contributed by atoms with van der Waals surface area (Å²) >= 11 is 17.9. The molecule has 122 valence electrons. The molecule has 0 saturated carbocycles. The quantitative estimate of drug-likeness (QED) is 0.702. The molecule has 2 aromatic carbocycles. The van der Waals surface area contributed by atoms with E-state index in [2.05, 4.69) is 5.32 Å². The first-order valence-corrected chi connectivity index (χ1v) is 8.11. The van der Waals surface area contributed by atoms with Gasteiger partial charge in [0.05, 0.1) is 20.8 Å². The Bertz CT molecular complexity index is 747. The van der Waals surface area contributed by atoms with Gasteiger partial charge in [0.15, 0.2) is 6.10 Å². The number of rotatable bonds is 4. The molecule has 6 heteroatoms. The van der Waals surface area contributed by atoms with Crippen molar-refractivity contribution in [3.8, 4) is 5.75 Å². The Labute approximate surface area is 150 Å². The monoisotopic (exact) mass is 371 g/mol. The van der Waals surface area contributed by atoms with Crippen LogP contribution in [-0.2, 0) is 4.79 Å². The van der Waals surface area contributed by atoms with Gasteiger partial charge in [-0.1, -0.05) is 46.9 Å². The molecule has 0 heterocycles. The van der Waals surface area contributed by atoms with E-state index >= 15 is 0 Å². The zero-order chi connectivity index (χ0) is 17.1. The van der Waals surface area contributed by atoms with Crippen molar-refractivity contribution < 1.29 is 9.53 Å². The highest BCUT2D eigenvalue weighted by molar-refractivity contribution is 6.44. The van der Waals surface area contributed by atoms with Crippen LogP contribution in [0.2, 0.25) is 15.1 Å². The summed E-state index contributed by atoms with van der Waals surface area (Å²) in [6, 6.07) is 8.70. The van der Waals surface area contributed by atoms with Gasteiger partial charge in [-0.3, -0.25) is 4.79 Å². The van der Waals surface area contributed by atoms with E-state index in [4.69, 9.17) is 39.5 Å². The number of carbonyl (C=O) groups excluding carboxylic acids is 1. The number of ether oxygens (including phenoxy) is 1. The Kier molecular flexibility index (Phi) is 5.79. The Morgan fingerprint density at radius 3 is 2.43 bits per heavy atom. The molecule has 23 heavy (non-hydrogen) atoms. The van der Waals surface area contributed by atoms with Crippen LogP contribution >= 0.6 is 34.8 Å². The minimum Gasteiger partial charge on any atom is -0.481 e. The third kappa shape index (κ3) is 4.31. The van der Waals surface area contributed by atoms with Crippen LogP contribution in [0.25, 0.3) is 0 Å². The lowest BCUT2D eigenvalue weighted by Gasteiger charge is -2.17. The third-order valence-corrected chi connectivity index (χ3v) is 4.53. The summed E-state index contributed by atoms with van der Waals surface area (Å²) < 4.78 is 5.74. The average Bonchev–Trinajstić information content (AvgIpc) is 2.49. The fraction of sp³-hybridized carbons (Fsp3) is 0.235. The summed E-state index contributed by atoms with van der Waals surface area (Å²) in [4.78, 5) is 12.3. The van der Waals surface area contributed by atoms with Crippen LogP contribution in [0, 0.1) is 13.8 Å². The molecule has 1 unspecified atom stereocenters. The molecular weight excluding hydrogens is 357 g/mol. The molecule has 2 rings (SSSR count). The van der Waals surface area contributed by atoms with Crippen LogP contribution in [0.1, 0.15) is 18.1 Å². The van der Waals surface area contributed by atoms with Crippen molar-refractivity contribution in [3.63, 3.8) is 0 Å². The van der Waals surface area contributed by atoms with Gasteiger partial charge >= 0.3 is 0 Å². The molecular formula is C17H16Cl3NO2. The summed E-state index contributed by atoms with van der Waals surface area (Å²) in [7, 11) is 0. The Hall–Kier alpha value is -1.42. The van der Waals surface area contributed by atoms with Crippen LogP contribution in [0.5, 0.6) is 5.75 Å². The molecule has 1 N–H and O–H groups in total. The Morgan fingerprint density at radius 1 is 1.09 bits per heavy atom. The molecule has 1 amide bonds. The predicted molar refractivity (Wildman–Crippen MR) is 96.1 cm³/mol. The molecule has 0 aliphatic rings. The van der Waals surface area contributed by atoms with Gasteiger partial charge in [0, 0.05) is 0 Å². The van der Waals surface area contributed by atoms with Crippen molar-refractivity contribution in [1.82, 2.24) is 0 Å². The molecule has 0 aliphatic heterocycles. The molecule has 0 radical (unpaired) electrons. The number of benzene rings is 2. The summed E-state index contributed by atoms with van der Waals surface area (Å²) in [5, 5.41) is 3.65. The highest BCUT2D eigenvalue weighted by atomic mass is 35.5. The van der Waals surface area contributed by atoms with Gasteiger partial charge in [-0.15, -0.1) is 0 Å². The van der Waals surface area contributed by atoms with Crippen molar-refractivity contribution in [2.45, 2.75) is 26.9 Å². The first kappa shape index (κ1) is 17.9. The van der Waals surface area contributed by atoms with Gasteiger partial charge in [-0.2, -0.15) is 0 Å². The van der Waals surface area contributed by atoms with E-state index in [1.807, 2.05) is 32.0 Å². The zero-order valence-corrected chi connectivity index (χ0v) is 15.2. The van der Waals surface area contributed by atoms with E-state index in [-0.39, 0.29) is 5.91 Å². The number of amides is 1. The lowest BCUT2D eigenvalue weighted by atomic mass is 10.1. The summed E-state index contributed by atoms with van der Waals surface area (Å²) in [5.74, 6) is 0.346. The molecule has 0 bridgehead atoms. The van der Waals surface area contributed by atoms with Crippen LogP contribution < -0.4 is 10.1 Å². The van der Waals surface area contributed by atoms with Gasteiger partial charge < -0.3 is 10.1 Å². The van der Waals surface area contributed by atoms with Crippen LogP contribution in [0.15, 0.2) is 30.3 Å². The minimum absolute atomic E-state index is 0.312. The Balaban J connectivity index is 2.11. The predicted octanol–water partition coefficient (Wildman–Crippen LogP) is 5.67. The Morgan fingerprint density at radius 2 is 1.74 bits per heavy atom. The number of halogens is 3. The summed E-state index contributed by atoms with van der Waals surface area (Å²) in [6.07, 6.45) is -0.693. The molecule has 0 spiro atoms. The second kappa shape index (κ2) is 7.43. The zero-order valence-electron chi connectivity index (χ0n) is 12.9. The van der Waals surface area contributed by atoms with Gasteiger partial charge in [0.25, 0.3) is 5.91 Å². The van der Waals surface area contributed by atoms with Crippen molar-refractivity contribution in [2.24, 2.45) is 0 Å². The van der Waals surface area contributed by atoms with Gasteiger partial charge in [-0.25, -0.2) is 0 Å². The maximum Gasteiger partial charge on any atom is 0.265 e. The molecule has 0 aromatic heterocycles. The standard InChI is InChI=1S/C17H16Cl3NO2/c1-9-5-4-6-16(10(9)2)23-11(3)17(22)21-15-8-13(19)12(18)7-14(15)20/h4-8,11H,1-3H3,(H,21,22). The SMILES string of the molecule is Cc1cccc(OC(C)C(=O)Nc2cc(Cl)c(Cl)cc2Cl)c1C. The fourth-order valence-electron chi connectivity index (χ4n) is 1.95. The number of carbonyl (C=O) groups is 1. The molecule has 3 nitrogen and oxygen atoms in total. The smallest absolute Gasteiger partial charge is 0.265 e. The maximum atomic E-state index is 12.3. The van der Waals surface area contributed by atoms with Crippen LogP contribution in [0.4, 0.5) is 5.69 Å².